The molecule has 2 aromatic heterocycles. The predicted molar refractivity (Wildman–Crippen MR) is 106 cm³/mol. The average Bonchev–Trinajstić information content (AvgIpc) is 3.10. The minimum atomic E-state index is -0.643. The lowest BCUT2D eigenvalue weighted by Crippen LogP contribution is -2.38. The van der Waals surface area contributed by atoms with Crippen molar-refractivity contribution < 1.29 is 14.3 Å². The number of nitrogens with zero attached hydrogens (tertiary/aromatic N) is 2. The first kappa shape index (κ1) is 20.7. The van der Waals surface area contributed by atoms with Crippen molar-refractivity contribution >= 4 is 22.8 Å². The van der Waals surface area contributed by atoms with Crippen molar-refractivity contribution in [2.45, 2.75) is 44.7 Å². The van der Waals surface area contributed by atoms with E-state index >= 15 is 0 Å². The summed E-state index contributed by atoms with van der Waals surface area (Å²) < 4.78 is 6.11. The van der Waals surface area contributed by atoms with E-state index in [1.807, 2.05) is 0 Å². The maximum Gasteiger partial charge on any atom is 0.329 e. The minimum Gasteiger partial charge on any atom is -0.384 e. The van der Waals surface area contributed by atoms with E-state index in [4.69, 9.17) is 4.74 Å². The third kappa shape index (κ3) is 4.53. The molecule has 2 heterocycles. The Morgan fingerprint density at radius 2 is 1.97 bits per heavy atom. The monoisotopic (exact) mass is 403 g/mol. The summed E-state index contributed by atoms with van der Waals surface area (Å²) >= 11 is 0. The van der Waals surface area contributed by atoms with Crippen molar-refractivity contribution in [1.82, 2.24) is 25.2 Å². The van der Waals surface area contributed by atoms with E-state index in [9.17, 15) is 19.2 Å². The largest absolute Gasteiger partial charge is 0.384 e. The van der Waals surface area contributed by atoms with Gasteiger partial charge in [0, 0.05) is 38.4 Å². The Hall–Kier alpha value is -3.01. The van der Waals surface area contributed by atoms with Crippen LogP contribution in [0.2, 0.25) is 0 Å². The maximum absolute atomic E-state index is 12.9. The van der Waals surface area contributed by atoms with Gasteiger partial charge in [-0.05, 0) is 32.3 Å². The number of rotatable bonds is 6. The molecule has 0 unspecified atom stereocenters. The molecule has 2 amide bonds. The molecule has 1 fully saturated rings. The Morgan fingerprint density at radius 1 is 1.28 bits per heavy atom. The number of aromatic nitrogens is 3. The number of carbonyl (C=O) groups is 2. The summed E-state index contributed by atoms with van der Waals surface area (Å²) in [5.74, 6) is -0.479. The maximum atomic E-state index is 12.9. The van der Waals surface area contributed by atoms with E-state index in [2.05, 4.69) is 20.6 Å². The molecule has 156 valence electrons. The summed E-state index contributed by atoms with van der Waals surface area (Å²) in [5, 5.41) is 5.97. The van der Waals surface area contributed by atoms with E-state index in [-0.39, 0.29) is 34.6 Å². The summed E-state index contributed by atoms with van der Waals surface area (Å²) in [4.78, 5) is 55.4. The molecule has 2 atom stereocenters. The van der Waals surface area contributed by atoms with Crippen molar-refractivity contribution in [2.75, 3.05) is 13.7 Å². The van der Waals surface area contributed by atoms with Crippen LogP contribution in [-0.4, -0.2) is 52.1 Å². The van der Waals surface area contributed by atoms with Crippen molar-refractivity contribution in [3.63, 3.8) is 0 Å². The van der Waals surface area contributed by atoms with Gasteiger partial charge in [0.1, 0.15) is 5.65 Å². The molecule has 1 saturated carbocycles. The molecular weight excluding hydrogens is 378 g/mol. The molecule has 3 N–H and O–H groups in total. The Morgan fingerprint density at radius 3 is 2.66 bits per heavy atom. The van der Waals surface area contributed by atoms with Gasteiger partial charge in [0.2, 0.25) is 5.91 Å². The first-order chi connectivity index (χ1) is 13.8. The van der Waals surface area contributed by atoms with E-state index < -0.39 is 17.2 Å². The van der Waals surface area contributed by atoms with E-state index in [1.165, 1.54) is 17.7 Å². The number of amides is 2. The third-order valence-electron chi connectivity index (χ3n) is 5.11. The van der Waals surface area contributed by atoms with Gasteiger partial charge in [-0.2, -0.15) is 0 Å². The molecule has 10 nitrogen and oxygen atoms in total. The van der Waals surface area contributed by atoms with Gasteiger partial charge in [0.15, 0.2) is 0 Å². The average molecular weight is 403 g/mol. The van der Waals surface area contributed by atoms with Gasteiger partial charge in [0.05, 0.1) is 17.6 Å². The van der Waals surface area contributed by atoms with Gasteiger partial charge in [-0.15, -0.1) is 0 Å². The van der Waals surface area contributed by atoms with Crippen LogP contribution >= 0.6 is 0 Å². The number of ether oxygens (including phenoxy) is 1. The number of H-pyrrole nitrogens is 1. The van der Waals surface area contributed by atoms with Gasteiger partial charge in [-0.25, -0.2) is 9.78 Å². The highest BCUT2D eigenvalue weighted by Gasteiger charge is 2.28. The standard InChI is InChI=1S/C19H25N5O5/c1-10-8-13(15-16(20-10)24(2)19(28)23-18(15)27)17(26)22-12-5-4-11(9-12)21-14(25)6-7-29-3/h8,11-12H,4-7,9H2,1-3H3,(H,21,25)(H,22,26)(H,23,27,28)/t11-,12+/m1/s1. The van der Waals surface area contributed by atoms with Crippen molar-refractivity contribution in [3.05, 3.63) is 38.2 Å². The lowest BCUT2D eigenvalue weighted by molar-refractivity contribution is -0.122. The second kappa shape index (κ2) is 8.56. The predicted octanol–water partition coefficient (Wildman–Crippen LogP) is -0.266. The van der Waals surface area contributed by atoms with Crippen molar-refractivity contribution in [3.8, 4) is 0 Å². The molecule has 29 heavy (non-hydrogen) atoms. The Labute approximate surface area is 166 Å². The fraction of sp³-hybridized carbons (Fsp3) is 0.526. The minimum absolute atomic E-state index is 0.00944. The van der Waals surface area contributed by atoms with E-state index in [0.717, 1.165) is 12.8 Å². The summed E-state index contributed by atoms with van der Waals surface area (Å²) in [6.45, 7) is 2.06. The fourth-order valence-electron chi connectivity index (χ4n) is 3.64. The summed E-state index contributed by atoms with van der Waals surface area (Å²) in [6.07, 6.45) is 2.39. The molecule has 3 rings (SSSR count). The highest BCUT2D eigenvalue weighted by Crippen LogP contribution is 2.21. The molecule has 1 aliphatic rings. The van der Waals surface area contributed by atoms with Gasteiger partial charge >= 0.3 is 5.69 Å². The fourth-order valence-corrected chi connectivity index (χ4v) is 3.64. The Bertz CT molecular complexity index is 1060. The van der Waals surface area contributed by atoms with Gasteiger partial charge in [-0.1, -0.05) is 0 Å². The highest BCUT2D eigenvalue weighted by atomic mass is 16.5. The Kier molecular flexibility index (Phi) is 6.12. The number of hydrogen-bond acceptors (Lipinski definition) is 6. The number of hydrogen-bond donors (Lipinski definition) is 3. The second-order valence-electron chi connectivity index (χ2n) is 7.32. The molecule has 0 aliphatic heterocycles. The summed E-state index contributed by atoms with van der Waals surface area (Å²) in [7, 11) is 3.03. The summed E-state index contributed by atoms with van der Waals surface area (Å²) in [6, 6.07) is 1.41. The lowest BCUT2D eigenvalue weighted by Gasteiger charge is -2.16. The van der Waals surface area contributed by atoms with E-state index in [1.54, 1.807) is 14.0 Å². The third-order valence-corrected chi connectivity index (χ3v) is 5.11. The number of nitrogens with one attached hydrogen (secondary N) is 3. The van der Waals surface area contributed by atoms with Crippen LogP contribution < -0.4 is 21.9 Å². The first-order valence-electron chi connectivity index (χ1n) is 9.50. The molecule has 10 heteroatoms. The SMILES string of the molecule is COCCC(=O)N[C@@H]1CC[C@H](NC(=O)c2cc(C)nc3c2c(=O)[nH]c(=O)n3C)C1. The van der Waals surface area contributed by atoms with Crippen LogP contribution in [-0.2, 0) is 16.6 Å². The zero-order valence-corrected chi connectivity index (χ0v) is 16.7. The van der Waals surface area contributed by atoms with Crippen LogP contribution in [0.1, 0.15) is 41.7 Å². The van der Waals surface area contributed by atoms with Gasteiger partial charge in [-0.3, -0.25) is 23.9 Å². The van der Waals surface area contributed by atoms with Crippen molar-refractivity contribution in [1.29, 1.82) is 0 Å². The number of pyridine rings is 1. The normalized spacial score (nSPS) is 18.7. The molecule has 0 aromatic carbocycles. The quantitative estimate of drug-likeness (QED) is 0.608. The number of aryl methyl sites for hydroxylation is 2. The zero-order chi connectivity index (χ0) is 21.1. The second-order valence-corrected chi connectivity index (χ2v) is 7.32. The molecule has 0 bridgehead atoms. The van der Waals surface area contributed by atoms with Crippen molar-refractivity contribution in [2.24, 2.45) is 7.05 Å². The number of methoxy groups -OCH3 is 1. The topological polar surface area (TPSA) is 135 Å². The molecule has 0 radical (unpaired) electrons. The molecular formula is C19H25N5O5. The highest BCUT2D eigenvalue weighted by molar-refractivity contribution is 6.05. The van der Waals surface area contributed by atoms with Crippen LogP contribution in [0.3, 0.4) is 0 Å². The number of fused-ring (bicyclic) bond motifs is 1. The number of aromatic amines is 1. The molecule has 2 aromatic rings. The molecule has 1 aliphatic carbocycles. The van der Waals surface area contributed by atoms with Crippen LogP contribution in [0.25, 0.3) is 11.0 Å². The van der Waals surface area contributed by atoms with Gasteiger partial charge in [0.25, 0.3) is 11.5 Å². The van der Waals surface area contributed by atoms with Crippen LogP contribution in [0, 0.1) is 6.92 Å². The van der Waals surface area contributed by atoms with Crippen LogP contribution in [0.15, 0.2) is 15.7 Å². The smallest absolute Gasteiger partial charge is 0.329 e. The van der Waals surface area contributed by atoms with Crippen LogP contribution in [0.4, 0.5) is 0 Å². The van der Waals surface area contributed by atoms with Gasteiger partial charge < -0.3 is 15.4 Å². The summed E-state index contributed by atoms with van der Waals surface area (Å²) in [5.41, 5.74) is -0.362. The molecule has 0 spiro atoms. The van der Waals surface area contributed by atoms with E-state index in [0.29, 0.717) is 25.1 Å². The number of carbonyl (C=O) groups excluding carboxylic acids is 2. The Balaban J connectivity index is 1.76. The van der Waals surface area contributed by atoms with Crippen LogP contribution in [0.5, 0.6) is 0 Å². The lowest BCUT2D eigenvalue weighted by atomic mass is 10.1. The zero-order valence-electron chi connectivity index (χ0n) is 16.7. The first-order valence-corrected chi connectivity index (χ1v) is 9.50. The molecule has 0 saturated heterocycles.